The standard InChI is InChI=1S/C14H18N2O3/c1-11(17)13-10-12(16(18)19)6-7-14(13)15-8-4-2-3-5-9-15/h6-7,10H,2-5,8-9H2,1H3. The highest BCUT2D eigenvalue weighted by atomic mass is 16.6. The van der Waals surface area contributed by atoms with Crippen molar-refractivity contribution in [2.75, 3.05) is 18.0 Å². The quantitative estimate of drug-likeness (QED) is 0.477. The third-order valence-corrected chi connectivity index (χ3v) is 3.52. The molecule has 1 aliphatic heterocycles. The Morgan fingerprint density at radius 1 is 1.21 bits per heavy atom. The van der Waals surface area contributed by atoms with Crippen molar-refractivity contribution in [2.24, 2.45) is 0 Å². The van der Waals surface area contributed by atoms with Gasteiger partial charge in [0.1, 0.15) is 0 Å². The van der Waals surface area contributed by atoms with E-state index in [4.69, 9.17) is 0 Å². The predicted octanol–water partition coefficient (Wildman–Crippen LogP) is 3.18. The van der Waals surface area contributed by atoms with Crippen LogP contribution in [-0.2, 0) is 0 Å². The summed E-state index contributed by atoms with van der Waals surface area (Å²) in [6.45, 7) is 3.29. The largest absolute Gasteiger partial charge is 0.371 e. The first kappa shape index (κ1) is 13.5. The Balaban J connectivity index is 2.37. The van der Waals surface area contributed by atoms with Gasteiger partial charge < -0.3 is 4.90 Å². The zero-order chi connectivity index (χ0) is 13.8. The molecule has 0 N–H and O–H groups in total. The van der Waals surface area contributed by atoms with Crippen LogP contribution in [0.2, 0.25) is 0 Å². The first-order valence-corrected chi connectivity index (χ1v) is 6.64. The molecule has 0 aromatic heterocycles. The molecule has 0 atom stereocenters. The minimum atomic E-state index is -0.460. The van der Waals surface area contributed by atoms with Gasteiger partial charge in [0.2, 0.25) is 0 Å². The Kier molecular flexibility index (Phi) is 4.14. The fourth-order valence-corrected chi connectivity index (χ4v) is 2.51. The maximum atomic E-state index is 11.7. The molecule has 1 saturated heterocycles. The average Bonchev–Trinajstić information content (AvgIpc) is 2.66. The third kappa shape index (κ3) is 3.10. The van der Waals surface area contributed by atoms with Crippen LogP contribution < -0.4 is 4.90 Å². The van der Waals surface area contributed by atoms with Gasteiger partial charge in [0.05, 0.1) is 4.92 Å². The number of anilines is 1. The van der Waals surface area contributed by atoms with Gasteiger partial charge in [0, 0.05) is 36.5 Å². The number of nitro groups is 1. The lowest BCUT2D eigenvalue weighted by Crippen LogP contribution is -2.25. The van der Waals surface area contributed by atoms with Gasteiger partial charge in [-0.2, -0.15) is 0 Å². The maximum absolute atomic E-state index is 11.7. The molecule has 0 bridgehead atoms. The molecule has 0 saturated carbocycles. The Hall–Kier alpha value is -1.91. The molecule has 0 aliphatic carbocycles. The molecule has 102 valence electrons. The van der Waals surface area contributed by atoms with E-state index in [-0.39, 0.29) is 11.5 Å². The second kappa shape index (κ2) is 5.82. The molecule has 0 unspecified atom stereocenters. The number of nitrogens with zero attached hydrogens (tertiary/aromatic N) is 2. The molecule has 1 aromatic rings. The van der Waals surface area contributed by atoms with E-state index in [0.717, 1.165) is 31.6 Å². The lowest BCUT2D eigenvalue weighted by atomic mass is 10.1. The second-order valence-corrected chi connectivity index (χ2v) is 4.92. The summed E-state index contributed by atoms with van der Waals surface area (Å²) >= 11 is 0. The number of rotatable bonds is 3. The van der Waals surface area contributed by atoms with Gasteiger partial charge in [-0.15, -0.1) is 0 Å². The summed E-state index contributed by atoms with van der Waals surface area (Å²) in [4.78, 5) is 24.2. The zero-order valence-corrected chi connectivity index (χ0v) is 11.1. The van der Waals surface area contributed by atoms with Gasteiger partial charge >= 0.3 is 0 Å². The summed E-state index contributed by atoms with van der Waals surface area (Å²) in [5.74, 6) is -0.122. The molecule has 19 heavy (non-hydrogen) atoms. The van der Waals surface area contributed by atoms with Crippen molar-refractivity contribution < 1.29 is 9.72 Å². The number of carbonyl (C=O) groups excluding carboxylic acids is 1. The molecule has 1 heterocycles. The van der Waals surface area contributed by atoms with E-state index in [1.807, 2.05) is 0 Å². The van der Waals surface area contributed by atoms with Gasteiger partial charge in [-0.1, -0.05) is 12.8 Å². The highest BCUT2D eigenvalue weighted by Crippen LogP contribution is 2.28. The Morgan fingerprint density at radius 3 is 2.37 bits per heavy atom. The molecule has 5 heteroatoms. The van der Waals surface area contributed by atoms with E-state index in [1.54, 1.807) is 6.07 Å². The number of hydrogen-bond donors (Lipinski definition) is 0. The van der Waals surface area contributed by atoms with Crippen molar-refractivity contribution in [1.82, 2.24) is 0 Å². The second-order valence-electron chi connectivity index (χ2n) is 4.92. The molecule has 0 radical (unpaired) electrons. The number of benzene rings is 1. The van der Waals surface area contributed by atoms with Crippen LogP contribution in [-0.4, -0.2) is 23.8 Å². The van der Waals surface area contributed by atoms with Crippen LogP contribution in [0.1, 0.15) is 43.0 Å². The molecule has 1 fully saturated rings. The van der Waals surface area contributed by atoms with Crippen LogP contribution in [0.3, 0.4) is 0 Å². The minimum absolute atomic E-state index is 0.0243. The SMILES string of the molecule is CC(=O)c1cc([N+](=O)[O-])ccc1N1CCCCCC1. The summed E-state index contributed by atoms with van der Waals surface area (Å²) in [6, 6.07) is 4.58. The summed E-state index contributed by atoms with van der Waals surface area (Å²) in [6.07, 6.45) is 4.63. The van der Waals surface area contributed by atoms with Crippen molar-refractivity contribution in [2.45, 2.75) is 32.6 Å². The summed E-state index contributed by atoms with van der Waals surface area (Å²) < 4.78 is 0. The number of hydrogen-bond acceptors (Lipinski definition) is 4. The summed E-state index contributed by atoms with van der Waals surface area (Å²) in [5.41, 5.74) is 1.26. The van der Waals surface area contributed by atoms with Crippen molar-refractivity contribution in [3.63, 3.8) is 0 Å². The highest BCUT2D eigenvalue weighted by molar-refractivity contribution is 6.00. The number of non-ortho nitro benzene ring substituents is 1. The van der Waals surface area contributed by atoms with Crippen LogP contribution >= 0.6 is 0 Å². The van der Waals surface area contributed by atoms with Gasteiger partial charge in [-0.3, -0.25) is 14.9 Å². The highest BCUT2D eigenvalue weighted by Gasteiger charge is 2.19. The molecule has 0 amide bonds. The van der Waals surface area contributed by atoms with E-state index >= 15 is 0 Å². The normalized spacial score (nSPS) is 15.9. The number of nitro benzene ring substituents is 1. The molecular weight excluding hydrogens is 244 g/mol. The summed E-state index contributed by atoms with van der Waals surface area (Å²) in [7, 11) is 0. The Morgan fingerprint density at radius 2 is 1.84 bits per heavy atom. The smallest absolute Gasteiger partial charge is 0.270 e. The van der Waals surface area contributed by atoms with Crippen LogP contribution in [0.4, 0.5) is 11.4 Å². The van der Waals surface area contributed by atoms with E-state index in [2.05, 4.69) is 4.90 Å². The van der Waals surface area contributed by atoms with Gasteiger partial charge in [0.15, 0.2) is 5.78 Å². The molecule has 1 aliphatic rings. The number of Topliss-reactive ketones (excluding diaryl/α,β-unsaturated/α-hetero) is 1. The number of carbonyl (C=O) groups is 1. The molecule has 2 rings (SSSR count). The fraction of sp³-hybridized carbons (Fsp3) is 0.500. The van der Waals surface area contributed by atoms with Crippen molar-refractivity contribution in [1.29, 1.82) is 0 Å². The van der Waals surface area contributed by atoms with E-state index in [9.17, 15) is 14.9 Å². The molecule has 5 nitrogen and oxygen atoms in total. The Labute approximate surface area is 112 Å². The monoisotopic (exact) mass is 262 g/mol. The van der Waals surface area contributed by atoms with Crippen molar-refractivity contribution in [3.05, 3.63) is 33.9 Å². The van der Waals surface area contributed by atoms with Crippen LogP contribution in [0, 0.1) is 10.1 Å². The maximum Gasteiger partial charge on any atom is 0.270 e. The number of ketones is 1. The van der Waals surface area contributed by atoms with Crippen LogP contribution in [0.5, 0.6) is 0 Å². The first-order chi connectivity index (χ1) is 9.09. The third-order valence-electron chi connectivity index (χ3n) is 3.52. The lowest BCUT2D eigenvalue weighted by molar-refractivity contribution is -0.384. The van der Waals surface area contributed by atoms with Crippen LogP contribution in [0.25, 0.3) is 0 Å². The van der Waals surface area contributed by atoms with Crippen LogP contribution in [0.15, 0.2) is 18.2 Å². The molecule has 0 spiro atoms. The first-order valence-electron chi connectivity index (χ1n) is 6.64. The zero-order valence-electron chi connectivity index (χ0n) is 11.1. The van der Waals surface area contributed by atoms with E-state index in [0.29, 0.717) is 5.56 Å². The van der Waals surface area contributed by atoms with E-state index < -0.39 is 4.92 Å². The predicted molar refractivity (Wildman–Crippen MR) is 73.8 cm³/mol. The fourth-order valence-electron chi connectivity index (χ4n) is 2.51. The van der Waals surface area contributed by atoms with Gasteiger partial charge in [0.25, 0.3) is 5.69 Å². The minimum Gasteiger partial charge on any atom is -0.371 e. The van der Waals surface area contributed by atoms with Gasteiger partial charge in [-0.25, -0.2) is 0 Å². The average molecular weight is 262 g/mol. The molecular formula is C14H18N2O3. The topological polar surface area (TPSA) is 63.4 Å². The molecule has 1 aromatic carbocycles. The Bertz CT molecular complexity index is 491. The van der Waals surface area contributed by atoms with E-state index in [1.165, 1.54) is 31.9 Å². The van der Waals surface area contributed by atoms with Gasteiger partial charge in [-0.05, 0) is 25.8 Å². The summed E-state index contributed by atoms with van der Waals surface area (Å²) in [5, 5.41) is 10.8. The van der Waals surface area contributed by atoms with Crippen molar-refractivity contribution in [3.8, 4) is 0 Å². The van der Waals surface area contributed by atoms with Crippen molar-refractivity contribution >= 4 is 17.2 Å². The lowest BCUT2D eigenvalue weighted by Gasteiger charge is -2.24.